The van der Waals surface area contributed by atoms with E-state index in [1.807, 2.05) is 0 Å². The van der Waals surface area contributed by atoms with Crippen LogP contribution in [0.1, 0.15) is 16.8 Å². The molecule has 1 heterocycles. The van der Waals surface area contributed by atoms with Crippen LogP contribution in [-0.2, 0) is 4.79 Å². The second kappa shape index (κ2) is 5.38. The molecule has 3 N–H and O–H groups in total. The first-order valence-electron chi connectivity index (χ1n) is 6.03. The third kappa shape index (κ3) is 2.53. The molecule has 0 aromatic heterocycles. The number of phenols is 1. The van der Waals surface area contributed by atoms with Crippen LogP contribution in [0, 0.1) is 0 Å². The van der Waals surface area contributed by atoms with E-state index in [0.717, 1.165) is 4.90 Å². The Morgan fingerprint density at radius 1 is 1.40 bits per heavy atom. The minimum atomic E-state index is -1.18. The highest BCUT2D eigenvalue weighted by Gasteiger charge is 2.39. The van der Waals surface area contributed by atoms with E-state index < -0.39 is 24.0 Å². The highest BCUT2D eigenvalue weighted by Crippen LogP contribution is 2.27. The summed E-state index contributed by atoms with van der Waals surface area (Å²) in [4.78, 5) is 24.5. The summed E-state index contributed by atoms with van der Waals surface area (Å²) in [5.74, 6) is -1.72. The number of ether oxygens (including phenoxy) is 1. The summed E-state index contributed by atoms with van der Waals surface area (Å²) >= 11 is 0. The van der Waals surface area contributed by atoms with Crippen LogP contribution < -0.4 is 4.74 Å². The molecule has 0 spiro atoms. The number of carbonyl (C=O) groups is 2. The number of hydrogen-bond acceptors (Lipinski definition) is 5. The van der Waals surface area contributed by atoms with Crippen LogP contribution in [0.3, 0.4) is 0 Å². The topological polar surface area (TPSA) is 107 Å². The van der Waals surface area contributed by atoms with E-state index in [0.29, 0.717) is 5.75 Å². The lowest BCUT2D eigenvalue weighted by molar-refractivity contribution is -0.141. The zero-order chi connectivity index (χ0) is 14.9. The van der Waals surface area contributed by atoms with Gasteiger partial charge in [0.1, 0.15) is 17.5 Å². The largest absolute Gasteiger partial charge is 0.507 e. The Kier molecular flexibility index (Phi) is 3.80. The number of carboxylic acid groups (broad SMARTS) is 1. The lowest BCUT2D eigenvalue weighted by Gasteiger charge is -2.21. The quantitative estimate of drug-likeness (QED) is 0.723. The molecule has 7 nitrogen and oxygen atoms in total. The molecule has 1 aliphatic heterocycles. The number of phenolic OH excluding ortho intramolecular Hbond substituents is 1. The molecule has 1 aromatic rings. The van der Waals surface area contributed by atoms with E-state index in [1.54, 1.807) is 0 Å². The van der Waals surface area contributed by atoms with Crippen molar-refractivity contribution < 1.29 is 29.6 Å². The maximum Gasteiger partial charge on any atom is 0.326 e. The van der Waals surface area contributed by atoms with Crippen LogP contribution in [0.25, 0.3) is 0 Å². The van der Waals surface area contributed by atoms with Crippen molar-refractivity contribution in [2.24, 2.45) is 0 Å². The SMILES string of the molecule is COc1ccc(O)c(C(=O)N2CC(O)CC2C(=O)O)c1. The van der Waals surface area contributed by atoms with Gasteiger partial charge in [0, 0.05) is 13.0 Å². The molecule has 0 bridgehead atoms. The Morgan fingerprint density at radius 3 is 2.70 bits per heavy atom. The van der Waals surface area contributed by atoms with Gasteiger partial charge in [0.25, 0.3) is 5.91 Å². The average molecular weight is 281 g/mol. The number of likely N-dealkylation sites (tertiary alicyclic amines) is 1. The van der Waals surface area contributed by atoms with Gasteiger partial charge in [-0.15, -0.1) is 0 Å². The molecule has 2 unspecified atom stereocenters. The third-order valence-electron chi connectivity index (χ3n) is 3.26. The zero-order valence-electron chi connectivity index (χ0n) is 10.8. The van der Waals surface area contributed by atoms with E-state index in [9.17, 15) is 19.8 Å². The van der Waals surface area contributed by atoms with Crippen molar-refractivity contribution in [2.75, 3.05) is 13.7 Å². The van der Waals surface area contributed by atoms with Crippen LogP contribution in [0.2, 0.25) is 0 Å². The van der Waals surface area contributed by atoms with Gasteiger partial charge in [-0.25, -0.2) is 4.79 Å². The van der Waals surface area contributed by atoms with Gasteiger partial charge < -0.3 is 25.0 Å². The molecule has 2 rings (SSSR count). The molecule has 20 heavy (non-hydrogen) atoms. The fraction of sp³-hybridized carbons (Fsp3) is 0.385. The molecular weight excluding hydrogens is 266 g/mol. The number of carboxylic acids is 1. The van der Waals surface area contributed by atoms with Gasteiger partial charge in [-0.1, -0.05) is 0 Å². The summed E-state index contributed by atoms with van der Waals surface area (Å²) in [6.45, 7) is -0.0769. The highest BCUT2D eigenvalue weighted by atomic mass is 16.5. The number of aliphatic hydroxyl groups excluding tert-OH is 1. The van der Waals surface area contributed by atoms with Gasteiger partial charge in [-0.3, -0.25) is 4.79 Å². The highest BCUT2D eigenvalue weighted by molar-refractivity contribution is 5.99. The number of aliphatic hydroxyl groups is 1. The Hall–Kier alpha value is -2.28. The molecular formula is C13H15NO6. The summed E-state index contributed by atoms with van der Waals surface area (Å²) in [6.07, 6.45) is -0.904. The van der Waals surface area contributed by atoms with Crippen molar-refractivity contribution in [3.05, 3.63) is 23.8 Å². The Bertz CT molecular complexity index is 544. The van der Waals surface area contributed by atoms with Crippen molar-refractivity contribution in [1.29, 1.82) is 0 Å². The van der Waals surface area contributed by atoms with Crippen molar-refractivity contribution >= 4 is 11.9 Å². The van der Waals surface area contributed by atoms with E-state index in [1.165, 1.54) is 25.3 Å². The Labute approximate surface area is 115 Å². The number of β-amino-alcohol motifs (C(OH)–C–C–N with tert-alkyl or cyclic N) is 1. The van der Waals surface area contributed by atoms with Crippen LogP contribution >= 0.6 is 0 Å². The van der Waals surface area contributed by atoms with Crippen molar-refractivity contribution in [3.8, 4) is 11.5 Å². The minimum absolute atomic E-state index is 0.0220. The number of benzene rings is 1. The van der Waals surface area contributed by atoms with Crippen LogP contribution in [-0.4, -0.2) is 57.9 Å². The molecule has 1 saturated heterocycles. The number of amides is 1. The second-order valence-corrected chi connectivity index (χ2v) is 4.58. The van der Waals surface area contributed by atoms with Crippen LogP contribution in [0.5, 0.6) is 11.5 Å². The number of nitrogens with zero attached hydrogens (tertiary/aromatic N) is 1. The fourth-order valence-corrected chi connectivity index (χ4v) is 2.24. The number of carbonyl (C=O) groups excluding carboxylic acids is 1. The Morgan fingerprint density at radius 2 is 2.10 bits per heavy atom. The summed E-state index contributed by atoms with van der Waals surface area (Å²) in [5.41, 5.74) is -0.0512. The van der Waals surface area contributed by atoms with Gasteiger partial charge >= 0.3 is 5.97 Å². The predicted molar refractivity (Wildman–Crippen MR) is 67.7 cm³/mol. The summed E-state index contributed by atoms with van der Waals surface area (Å²) in [7, 11) is 1.42. The first kappa shape index (κ1) is 14.1. The maximum absolute atomic E-state index is 12.3. The lowest BCUT2D eigenvalue weighted by Crippen LogP contribution is -2.40. The molecule has 1 aromatic carbocycles. The van der Waals surface area contributed by atoms with Crippen molar-refractivity contribution in [2.45, 2.75) is 18.6 Å². The molecule has 0 aliphatic carbocycles. The average Bonchev–Trinajstić information content (AvgIpc) is 2.81. The summed E-state index contributed by atoms with van der Waals surface area (Å²) < 4.78 is 4.97. The second-order valence-electron chi connectivity index (χ2n) is 4.58. The van der Waals surface area contributed by atoms with E-state index >= 15 is 0 Å². The first-order chi connectivity index (χ1) is 9.43. The van der Waals surface area contributed by atoms with Crippen molar-refractivity contribution in [1.82, 2.24) is 4.90 Å². The smallest absolute Gasteiger partial charge is 0.326 e. The zero-order valence-corrected chi connectivity index (χ0v) is 10.8. The van der Waals surface area contributed by atoms with Gasteiger partial charge in [-0.05, 0) is 18.2 Å². The number of aliphatic carboxylic acids is 1. The number of rotatable bonds is 3. The first-order valence-corrected chi connectivity index (χ1v) is 6.03. The summed E-state index contributed by atoms with van der Waals surface area (Å²) in [6, 6.07) is 3.03. The van der Waals surface area contributed by atoms with Crippen molar-refractivity contribution in [3.63, 3.8) is 0 Å². The number of methoxy groups -OCH3 is 1. The van der Waals surface area contributed by atoms with Gasteiger partial charge in [-0.2, -0.15) is 0 Å². The van der Waals surface area contributed by atoms with E-state index in [-0.39, 0.29) is 24.3 Å². The van der Waals surface area contributed by atoms with Crippen LogP contribution in [0.15, 0.2) is 18.2 Å². The molecule has 108 valence electrons. The summed E-state index contributed by atoms with van der Waals surface area (Å²) in [5, 5.41) is 28.4. The molecule has 0 saturated carbocycles. The predicted octanol–water partition coefficient (Wildman–Crippen LogP) is 0.0608. The number of aromatic hydroxyl groups is 1. The molecule has 1 amide bonds. The maximum atomic E-state index is 12.3. The molecule has 1 fully saturated rings. The third-order valence-corrected chi connectivity index (χ3v) is 3.26. The molecule has 7 heteroatoms. The van der Waals surface area contributed by atoms with Gasteiger partial charge in [0.15, 0.2) is 0 Å². The van der Waals surface area contributed by atoms with E-state index in [4.69, 9.17) is 9.84 Å². The van der Waals surface area contributed by atoms with Gasteiger partial charge in [0.2, 0.25) is 0 Å². The molecule has 2 atom stereocenters. The monoisotopic (exact) mass is 281 g/mol. The number of hydrogen-bond donors (Lipinski definition) is 3. The van der Waals surface area contributed by atoms with Crippen LogP contribution in [0.4, 0.5) is 0 Å². The van der Waals surface area contributed by atoms with Gasteiger partial charge in [0.05, 0.1) is 18.8 Å². The fourth-order valence-electron chi connectivity index (χ4n) is 2.24. The Balaban J connectivity index is 2.33. The molecule has 0 radical (unpaired) electrons. The molecule has 1 aliphatic rings. The standard InChI is InChI=1S/C13H15NO6/c1-20-8-2-3-11(16)9(5-8)12(17)14-6-7(15)4-10(14)13(18)19/h2-3,5,7,10,15-16H,4,6H2,1H3,(H,18,19). The minimum Gasteiger partial charge on any atom is -0.507 e. The normalized spacial score (nSPS) is 21.8. The lowest BCUT2D eigenvalue weighted by atomic mass is 10.1. The van der Waals surface area contributed by atoms with E-state index in [2.05, 4.69) is 0 Å².